The largest absolute Gasteiger partial charge is 0.358 e. The Bertz CT molecular complexity index is 336. The van der Waals surface area contributed by atoms with E-state index >= 15 is 0 Å². The lowest BCUT2D eigenvalue weighted by molar-refractivity contribution is 0.670. The molecule has 0 aliphatic heterocycles. The van der Waals surface area contributed by atoms with Gasteiger partial charge in [0, 0.05) is 32.4 Å². The van der Waals surface area contributed by atoms with E-state index in [4.69, 9.17) is 0 Å². The standard InChI is InChI=1S/C12H20N4/c1-3-6-16(2)12-9-13-7-11(15-12)8-14-10-4-5-10/h7,9-10,14H,3-6,8H2,1-2H3. The maximum atomic E-state index is 4.59. The van der Waals surface area contributed by atoms with Gasteiger partial charge in [0.2, 0.25) is 0 Å². The first-order valence-electron chi connectivity index (χ1n) is 6.05. The summed E-state index contributed by atoms with van der Waals surface area (Å²) < 4.78 is 0. The van der Waals surface area contributed by atoms with E-state index in [1.807, 2.05) is 12.4 Å². The topological polar surface area (TPSA) is 41.1 Å². The number of anilines is 1. The van der Waals surface area contributed by atoms with Crippen LogP contribution in [-0.2, 0) is 6.54 Å². The Labute approximate surface area is 97.1 Å². The van der Waals surface area contributed by atoms with Gasteiger partial charge in [0.1, 0.15) is 5.82 Å². The molecular weight excluding hydrogens is 200 g/mol. The number of nitrogens with zero attached hydrogens (tertiary/aromatic N) is 3. The molecule has 0 amide bonds. The summed E-state index contributed by atoms with van der Waals surface area (Å²) in [4.78, 5) is 11.0. The molecule has 2 rings (SSSR count). The highest BCUT2D eigenvalue weighted by atomic mass is 15.2. The first-order valence-corrected chi connectivity index (χ1v) is 6.05. The lowest BCUT2D eigenvalue weighted by Crippen LogP contribution is -2.21. The third kappa shape index (κ3) is 3.17. The molecule has 1 N–H and O–H groups in total. The summed E-state index contributed by atoms with van der Waals surface area (Å²) in [6.45, 7) is 4.03. The molecule has 0 aromatic carbocycles. The summed E-state index contributed by atoms with van der Waals surface area (Å²) in [6, 6.07) is 0.721. The maximum Gasteiger partial charge on any atom is 0.147 e. The summed E-state index contributed by atoms with van der Waals surface area (Å²) in [5.41, 5.74) is 1.03. The van der Waals surface area contributed by atoms with Gasteiger partial charge in [-0.25, -0.2) is 4.98 Å². The van der Waals surface area contributed by atoms with E-state index in [0.717, 1.165) is 37.1 Å². The van der Waals surface area contributed by atoms with Crippen molar-refractivity contribution in [2.24, 2.45) is 0 Å². The number of hydrogen-bond acceptors (Lipinski definition) is 4. The van der Waals surface area contributed by atoms with Crippen molar-refractivity contribution in [3.8, 4) is 0 Å². The third-order valence-electron chi connectivity index (χ3n) is 2.77. The molecule has 1 heterocycles. The average Bonchev–Trinajstić information content (AvgIpc) is 3.11. The van der Waals surface area contributed by atoms with Crippen molar-refractivity contribution in [3.05, 3.63) is 18.1 Å². The van der Waals surface area contributed by atoms with Gasteiger partial charge in [0.15, 0.2) is 0 Å². The maximum absolute atomic E-state index is 4.59. The second kappa shape index (κ2) is 5.25. The summed E-state index contributed by atoms with van der Waals surface area (Å²) in [5.74, 6) is 0.969. The Morgan fingerprint density at radius 3 is 2.94 bits per heavy atom. The Morgan fingerprint density at radius 1 is 1.44 bits per heavy atom. The third-order valence-corrected chi connectivity index (χ3v) is 2.77. The second-order valence-corrected chi connectivity index (χ2v) is 4.45. The van der Waals surface area contributed by atoms with E-state index in [-0.39, 0.29) is 0 Å². The number of aromatic nitrogens is 2. The van der Waals surface area contributed by atoms with Crippen LogP contribution >= 0.6 is 0 Å². The number of rotatable bonds is 6. The first kappa shape index (κ1) is 11.3. The lowest BCUT2D eigenvalue weighted by atomic mass is 10.4. The predicted molar refractivity (Wildman–Crippen MR) is 65.5 cm³/mol. The average molecular weight is 220 g/mol. The quantitative estimate of drug-likeness (QED) is 0.790. The Morgan fingerprint density at radius 2 is 2.25 bits per heavy atom. The molecule has 1 aromatic rings. The van der Waals surface area contributed by atoms with Crippen molar-refractivity contribution in [3.63, 3.8) is 0 Å². The Balaban J connectivity index is 1.94. The van der Waals surface area contributed by atoms with E-state index in [1.54, 1.807) is 0 Å². The summed E-state index contributed by atoms with van der Waals surface area (Å²) in [7, 11) is 2.06. The molecule has 1 fully saturated rings. The fraction of sp³-hybridized carbons (Fsp3) is 0.667. The highest BCUT2D eigenvalue weighted by Crippen LogP contribution is 2.19. The minimum atomic E-state index is 0.721. The molecule has 1 aromatic heterocycles. The molecule has 0 unspecified atom stereocenters. The van der Waals surface area contributed by atoms with Gasteiger partial charge < -0.3 is 10.2 Å². The normalized spacial score (nSPS) is 15.1. The van der Waals surface area contributed by atoms with Gasteiger partial charge in [-0.1, -0.05) is 6.92 Å². The van der Waals surface area contributed by atoms with E-state index < -0.39 is 0 Å². The van der Waals surface area contributed by atoms with Crippen LogP contribution in [0.2, 0.25) is 0 Å². The van der Waals surface area contributed by atoms with Crippen molar-refractivity contribution in [1.82, 2.24) is 15.3 Å². The van der Waals surface area contributed by atoms with Crippen molar-refractivity contribution < 1.29 is 0 Å². The number of nitrogens with one attached hydrogen (secondary N) is 1. The predicted octanol–water partition coefficient (Wildman–Crippen LogP) is 1.57. The zero-order valence-electron chi connectivity index (χ0n) is 10.1. The zero-order chi connectivity index (χ0) is 11.4. The van der Waals surface area contributed by atoms with Crippen LogP contribution in [0.1, 0.15) is 31.9 Å². The molecule has 4 nitrogen and oxygen atoms in total. The van der Waals surface area contributed by atoms with E-state index in [1.165, 1.54) is 12.8 Å². The summed E-state index contributed by atoms with van der Waals surface area (Å²) >= 11 is 0. The SMILES string of the molecule is CCCN(C)c1cncc(CNC2CC2)n1. The molecular formula is C12H20N4. The van der Waals surface area contributed by atoms with Crippen LogP contribution in [0.25, 0.3) is 0 Å². The fourth-order valence-electron chi connectivity index (χ4n) is 1.65. The monoisotopic (exact) mass is 220 g/mol. The molecule has 0 radical (unpaired) electrons. The first-order chi connectivity index (χ1) is 7.79. The van der Waals surface area contributed by atoms with Crippen LogP contribution in [0, 0.1) is 0 Å². The fourth-order valence-corrected chi connectivity index (χ4v) is 1.65. The van der Waals surface area contributed by atoms with E-state index in [9.17, 15) is 0 Å². The summed E-state index contributed by atoms with van der Waals surface area (Å²) in [5, 5.41) is 3.45. The van der Waals surface area contributed by atoms with E-state index in [0.29, 0.717) is 0 Å². The molecule has 1 aliphatic rings. The molecule has 0 spiro atoms. The van der Waals surface area contributed by atoms with Crippen molar-refractivity contribution in [2.75, 3.05) is 18.5 Å². The van der Waals surface area contributed by atoms with Gasteiger partial charge in [-0.15, -0.1) is 0 Å². The molecule has 16 heavy (non-hydrogen) atoms. The zero-order valence-corrected chi connectivity index (χ0v) is 10.1. The van der Waals surface area contributed by atoms with Crippen LogP contribution in [0.3, 0.4) is 0 Å². The summed E-state index contributed by atoms with van der Waals surface area (Å²) in [6.07, 6.45) is 7.42. The van der Waals surface area contributed by atoms with Gasteiger partial charge in [0.25, 0.3) is 0 Å². The van der Waals surface area contributed by atoms with Crippen LogP contribution < -0.4 is 10.2 Å². The highest BCUT2D eigenvalue weighted by molar-refractivity contribution is 5.34. The highest BCUT2D eigenvalue weighted by Gasteiger charge is 2.20. The second-order valence-electron chi connectivity index (χ2n) is 4.45. The van der Waals surface area contributed by atoms with Gasteiger partial charge in [-0.2, -0.15) is 0 Å². The smallest absolute Gasteiger partial charge is 0.147 e. The molecule has 0 saturated heterocycles. The Hall–Kier alpha value is -1.16. The molecule has 1 saturated carbocycles. The molecule has 0 atom stereocenters. The van der Waals surface area contributed by atoms with Crippen LogP contribution in [0.5, 0.6) is 0 Å². The van der Waals surface area contributed by atoms with Crippen molar-refractivity contribution in [1.29, 1.82) is 0 Å². The van der Waals surface area contributed by atoms with Crippen molar-refractivity contribution >= 4 is 5.82 Å². The minimum absolute atomic E-state index is 0.721. The van der Waals surface area contributed by atoms with Crippen LogP contribution in [0.15, 0.2) is 12.4 Å². The molecule has 88 valence electrons. The van der Waals surface area contributed by atoms with Gasteiger partial charge in [0.05, 0.1) is 11.9 Å². The van der Waals surface area contributed by atoms with Crippen LogP contribution in [0.4, 0.5) is 5.82 Å². The van der Waals surface area contributed by atoms with Gasteiger partial charge >= 0.3 is 0 Å². The van der Waals surface area contributed by atoms with Gasteiger partial charge in [-0.3, -0.25) is 4.98 Å². The minimum Gasteiger partial charge on any atom is -0.358 e. The molecule has 0 bridgehead atoms. The van der Waals surface area contributed by atoms with Gasteiger partial charge in [-0.05, 0) is 19.3 Å². The van der Waals surface area contributed by atoms with Crippen LogP contribution in [-0.4, -0.2) is 29.6 Å². The Kier molecular flexibility index (Phi) is 3.72. The number of hydrogen-bond donors (Lipinski definition) is 1. The molecule has 1 aliphatic carbocycles. The van der Waals surface area contributed by atoms with Crippen molar-refractivity contribution in [2.45, 2.75) is 38.8 Å². The lowest BCUT2D eigenvalue weighted by Gasteiger charge is -2.17. The molecule has 4 heteroatoms. The van der Waals surface area contributed by atoms with E-state index in [2.05, 4.69) is 34.2 Å².